The molecule has 5 rings (SSSR count). The highest BCUT2D eigenvalue weighted by atomic mass is 16.2. The van der Waals surface area contributed by atoms with Gasteiger partial charge < -0.3 is 0 Å². The second kappa shape index (κ2) is 6.60. The molecule has 0 unspecified atom stereocenters. The molecule has 0 fully saturated rings. The van der Waals surface area contributed by atoms with Crippen molar-refractivity contribution in [1.29, 1.82) is 0 Å². The number of rotatable bonds is 0. The van der Waals surface area contributed by atoms with E-state index in [0.29, 0.717) is 11.1 Å². The molecule has 2 aliphatic rings. The molecule has 0 aromatic heterocycles. The van der Waals surface area contributed by atoms with E-state index in [0.717, 1.165) is 33.4 Å². The van der Waals surface area contributed by atoms with E-state index in [2.05, 4.69) is 16.0 Å². The SMILES string of the molecule is Cc1c2cccc1-c1ccc(cc1)-c1cccc(c1C)C(=O)N=C=NC2=O. The van der Waals surface area contributed by atoms with E-state index in [9.17, 15) is 9.59 Å². The van der Waals surface area contributed by atoms with Crippen LogP contribution < -0.4 is 0 Å². The van der Waals surface area contributed by atoms with Gasteiger partial charge >= 0.3 is 0 Å². The third-order valence-corrected chi connectivity index (χ3v) is 4.94. The lowest BCUT2D eigenvalue weighted by atomic mass is 9.92. The van der Waals surface area contributed by atoms with Crippen LogP contribution in [0.15, 0.2) is 70.6 Å². The van der Waals surface area contributed by atoms with E-state index < -0.39 is 11.8 Å². The van der Waals surface area contributed by atoms with E-state index in [1.54, 1.807) is 12.1 Å². The van der Waals surface area contributed by atoms with Crippen LogP contribution in [0, 0.1) is 13.8 Å². The Morgan fingerprint density at radius 2 is 0.963 bits per heavy atom. The minimum absolute atomic E-state index is 0.470. The van der Waals surface area contributed by atoms with Gasteiger partial charge in [0.2, 0.25) is 0 Å². The normalized spacial score (nSPS) is 12.8. The summed E-state index contributed by atoms with van der Waals surface area (Å²) in [6.07, 6.45) is 0. The highest BCUT2D eigenvalue weighted by Gasteiger charge is 2.15. The summed E-state index contributed by atoms with van der Waals surface area (Å²) < 4.78 is 0. The quantitative estimate of drug-likeness (QED) is 0.565. The Balaban J connectivity index is 2.02. The van der Waals surface area contributed by atoms with Gasteiger partial charge in [0.25, 0.3) is 11.8 Å². The first-order valence-corrected chi connectivity index (χ1v) is 8.61. The molecule has 0 aliphatic carbocycles. The molecular weight excluding hydrogens is 336 g/mol. The third kappa shape index (κ3) is 2.92. The Morgan fingerprint density at radius 1 is 0.593 bits per heavy atom. The topological polar surface area (TPSA) is 58.9 Å². The second-order valence-corrected chi connectivity index (χ2v) is 6.47. The lowest BCUT2D eigenvalue weighted by Gasteiger charge is -2.12. The van der Waals surface area contributed by atoms with Crippen molar-refractivity contribution >= 4 is 17.8 Å². The average Bonchev–Trinajstić information content (AvgIpc) is 2.68. The number of nitrogens with zero attached hydrogens (tertiary/aromatic N) is 2. The zero-order valence-electron chi connectivity index (χ0n) is 15.0. The van der Waals surface area contributed by atoms with E-state index >= 15 is 0 Å². The number of fused-ring (bicyclic) bond motifs is 4. The Bertz CT molecular complexity index is 1060. The van der Waals surface area contributed by atoms with Crippen LogP contribution in [0.1, 0.15) is 31.8 Å². The van der Waals surface area contributed by atoms with Crippen LogP contribution in [0.4, 0.5) is 0 Å². The van der Waals surface area contributed by atoms with Crippen molar-refractivity contribution in [3.8, 4) is 22.3 Å². The smallest absolute Gasteiger partial charge is 0.266 e. The van der Waals surface area contributed by atoms with Gasteiger partial charge in [-0.1, -0.05) is 48.5 Å². The molecule has 4 nitrogen and oxygen atoms in total. The van der Waals surface area contributed by atoms with E-state index in [4.69, 9.17) is 0 Å². The summed E-state index contributed by atoms with van der Waals surface area (Å²) >= 11 is 0. The molecular formula is C23H16N2O2. The van der Waals surface area contributed by atoms with Crippen molar-refractivity contribution in [2.75, 3.05) is 0 Å². The molecule has 0 N–H and O–H groups in total. The van der Waals surface area contributed by atoms with Gasteiger partial charge in [-0.25, -0.2) is 0 Å². The number of benzene rings is 3. The van der Waals surface area contributed by atoms with Gasteiger partial charge in [-0.2, -0.15) is 0 Å². The van der Waals surface area contributed by atoms with E-state index in [1.165, 1.54) is 0 Å². The molecule has 0 saturated carbocycles. The molecule has 2 heterocycles. The van der Waals surface area contributed by atoms with Crippen LogP contribution in [0.5, 0.6) is 0 Å². The second-order valence-electron chi connectivity index (χ2n) is 6.47. The fraction of sp³-hybridized carbons (Fsp3) is 0.0870. The Kier molecular flexibility index (Phi) is 4.11. The number of hydrogen-bond acceptors (Lipinski definition) is 2. The molecule has 130 valence electrons. The standard InChI is InChI=1S/C23H16N2O2/c1-14-18-5-3-7-20(14)22(26)24-13-25-23(27)21-8-4-6-19(15(21)2)17-11-9-16(18)10-12-17/h3-12H,1-2H3. The number of aliphatic imine (C=N–C) groups is 2. The first-order chi connectivity index (χ1) is 13.1. The van der Waals surface area contributed by atoms with Crippen LogP contribution in [-0.4, -0.2) is 17.8 Å². The number of amides is 2. The zero-order chi connectivity index (χ0) is 19.0. The summed E-state index contributed by atoms with van der Waals surface area (Å²) in [7, 11) is 0. The van der Waals surface area contributed by atoms with Crippen LogP contribution >= 0.6 is 0 Å². The van der Waals surface area contributed by atoms with Crippen molar-refractivity contribution in [3.05, 3.63) is 82.9 Å². The fourth-order valence-corrected chi connectivity index (χ4v) is 3.43. The number of carbonyl (C=O) groups excluding carboxylic acids is 2. The van der Waals surface area contributed by atoms with Gasteiger partial charge in [0.15, 0.2) is 0 Å². The van der Waals surface area contributed by atoms with Crippen molar-refractivity contribution in [2.45, 2.75) is 13.8 Å². The molecule has 2 amide bonds. The van der Waals surface area contributed by atoms with Gasteiger partial charge in [-0.3, -0.25) is 9.59 Å². The Hall–Kier alpha value is -3.62. The molecule has 3 aromatic carbocycles. The summed E-state index contributed by atoms with van der Waals surface area (Å²) in [4.78, 5) is 32.3. The Morgan fingerprint density at radius 3 is 1.37 bits per heavy atom. The predicted molar refractivity (Wildman–Crippen MR) is 105 cm³/mol. The van der Waals surface area contributed by atoms with Crippen LogP contribution in [-0.2, 0) is 0 Å². The maximum absolute atomic E-state index is 12.4. The average molecular weight is 352 g/mol. The van der Waals surface area contributed by atoms with Crippen molar-refractivity contribution in [3.63, 3.8) is 0 Å². The molecule has 0 spiro atoms. The number of hydrogen-bond donors (Lipinski definition) is 0. The highest BCUT2D eigenvalue weighted by molar-refractivity contribution is 6.04. The lowest BCUT2D eigenvalue weighted by Crippen LogP contribution is -2.00. The third-order valence-electron chi connectivity index (χ3n) is 4.94. The summed E-state index contributed by atoms with van der Waals surface area (Å²) in [6.45, 7) is 3.78. The zero-order valence-corrected chi connectivity index (χ0v) is 15.0. The van der Waals surface area contributed by atoms with E-state index in [-0.39, 0.29) is 0 Å². The maximum atomic E-state index is 12.4. The first-order valence-electron chi connectivity index (χ1n) is 8.61. The fourth-order valence-electron chi connectivity index (χ4n) is 3.43. The Labute approximate surface area is 156 Å². The van der Waals surface area contributed by atoms with Gasteiger partial charge in [0.05, 0.1) is 0 Å². The van der Waals surface area contributed by atoms with E-state index in [1.807, 2.05) is 62.4 Å². The minimum atomic E-state index is -0.470. The lowest BCUT2D eigenvalue weighted by molar-refractivity contribution is 0.100. The predicted octanol–water partition coefficient (Wildman–Crippen LogP) is 5.11. The van der Waals surface area contributed by atoms with Gasteiger partial charge in [0, 0.05) is 11.1 Å². The largest absolute Gasteiger partial charge is 0.286 e. The minimum Gasteiger partial charge on any atom is -0.266 e. The van der Waals surface area contributed by atoms with Crippen LogP contribution in [0.2, 0.25) is 0 Å². The molecule has 0 saturated heterocycles. The summed E-state index contributed by atoms with van der Waals surface area (Å²) in [6, 6.07) is 21.4. The summed E-state index contributed by atoms with van der Waals surface area (Å²) in [5.74, 6) is -0.939. The summed E-state index contributed by atoms with van der Waals surface area (Å²) in [5.41, 5.74) is 6.58. The number of carbonyl (C=O) groups is 2. The van der Waals surface area contributed by atoms with Gasteiger partial charge in [-0.05, 0) is 59.4 Å². The van der Waals surface area contributed by atoms with Crippen molar-refractivity contribution in [1.82, 2.24) is 0 Å². The molecule has 2 aliphatic heterocycles. The molecule has 6 bridgehead atoms. The van der Waals surface area contributed by atoms with Crippen LogP contribution in [0.25, 0.3) is 22.3 Å². The highest BCUT2D eigenvalue weighted by Crippen LogP contribution is 2.31. The van der Waals surface area contributed by atoms with Gasteiger partial charge in [0.1, 0.15) is 6.01 Å². The van der Waals surface area contributed by atoms with Crippen LogP contribution in [0.3, 0.4) is 0 Å². The van der Waals surface area contributed by atoms with Gasteiger partial charge in [-0.15, -0.1) is 9.98 Å². The maximum Gasteiger partial charge on any atom is 0.286 e. The summed E-state index contributed by atoms with van der Waals surface area (Å²) in [5, 5.41) is 0. The molecule has 0 atom stereocenters. The van der Waals surface area contributed by atoms with Crippen molar-refractivity contribution in [2.24, 2.45) is 9.98 Å². The monoisotopic (exact) mass is 352 g/mol. The first kappa shape index (κ1) is 16.8. The molecule has 4 heteroatoms. The molecule has 0 radical (unpaired) electrons. The molecule has 27 heavy (non-hydrogen) atoms. The molecule has 3 aromatic rings. The van der Waals surface area contributed by atoms with Crippen molar-refractivity contribution < 1.29 is 9.59 Å².